The Hall–Kier alpha value is -2.62. The van der Waals surface area contributed by atoms with Crippen molar-refractivity contribution in [2.75, 3.05) is 4.90 Å². The minimum absolute atomic E-state index is 0.214. The number of amides is 2. The molecule has 0 spiro atoms. The van der Waals surface area contributed by atoms with E-state index in [2.05, 4.69) is 91.8 Å². The number of carbonyl (C=O) groups is 2. The lowest BCUT2D eigenvalue weighted by Crippen LogP contribution is -2.33. The molecule has 0 bridgehead atoms. The molecule has 0 saturated heterocycles. The molecule has 2 rings (SSSR count). The summed E-state index contributed by atoms with van der Waals surface area (Å²) < 4.78 is 0. The Kier molecular flexibility index (Phi) is 8.05. The number of nitrogens with zero attached hydrogens (tertiary/aromatic N) is 1. The Balaban J connectivity index is 3.02. The lowest BCUT2D eigenvalue weighted by molar-refractivity contribution is -0.125. The van der Waals surface area contributed by atoms with Gasteiger partial charge >= 0.3 is 0 Å². The molecule has 0 aliphatic heterocycles. The van der Waals surface area contributed by atoms with Crippen molar-refractivity contribution < 1.29 is 9.59 Å². The van der Waals surface area contributed by atoms with Gasteiger partial charge in [-0.25, -0.2) is 0 Å². The Morgan fingerprint density at radius 3 is 1.19 bits per heavy atom. The molecule has 2 aromatic rings. The molecule has 0 atom stereocenters. The molecular weight excluding hydrogens is 384 g/mol. The highest BCUT2D eigenvalue weighted by atomic mass is 16.2. The van der Waals surface area contributed by atoms with Gasteiger partial charge in [0.25, 0.3) is 0 Å². The van der Waals surface area contributed by atoms with E-state index in [1.165, 1.54) is 0 Å². The number of rotatable bonds is 8. The molecule has 2 N–H and O–H groups in total. The van der Waals surface area contributed by atoms with Crippen LogP contribution in [0.5, 0.6) is 0 Å². The summed E-state index contributed by atoms with van der Waals surface area (Å²) in [6.45, 7) is 17.1. The molecule has 4 nitrogen and oxygen atoms in total. The van der Waals surface area contributed by atoms with Crippen molar-refractivity contribution in [2.24, 2.45) is 5.73 Å². The second-order valence-electron chi connectivity index (χ2n) is 9.56. The SMILES string of the molecule is CC(C)c1cccc(C(C)C)c1N(C(=O)CC(N)=O)c1c(C(C)C)cccc1C(C)C. The summed E-state index contributed by atoms with van der Waals surface area (Å²) in [5.74, 6) is -0.0380. The van der Waals surface area contributed by atoms with Crippen LogP contribution in [0.25, 0.3) is 0 Å². The molecule has 0 aliphatic carbocycles. The summed E-state index contributed by atoms with van der Waals surface area (Å²) >= 11 is 0. The molecule has 0 fully saturated rings. The summed E-state index contributed by atoms with van der Waals surface area (Å²) in [4.78, 5) is 27.3. The Bertz CT molecular complexity index is 826. The normalized spacial score (nSPS) is 11.6. The average molecular weight is 423 g/mol. The standard InChI is InChI=1S/C27H38N2O2/c1-16(2)20-11-9-12-21(17(3)4)26(20)29(25(31)15-24(28)30)27-22(18(5)6)13-10-14-23(27)19(7)8/h9-14,16-19H,15H2,1-8H3,(H2,28,30). The molecule has 0 heterocycles. The van der Waals surface area contributed by atoms with Crippen LogP contribution >= 0.6 is 0 Å². The second-order valence-corrected chi connectivity index (χ2v) is 9.56. The zero-order valence-electron chi connectivity index (χ0n) is 20.3. The molecule has 0 aromatic heterocycles. The molecule has 0 aliphatic rings. The van der Waals surface area contributed by atoms with Gasteiger partial charge in [-0.05, 0) is 45.9 Å². The molecule has 0 radical (unpaired) electrons. The third kappa shape index (κ3) is 5.36. The highest BCUT2D eigenvalue weighted by Crippen LogP contribution is 2.44. The zero-order valence-corrected chi connectivity index (χ0v) is 20.3. The monoisotopic (exact) mass is 422 g/mol. The Morgan fingerprint density at radius 2 is 0.968 bits per heavy atom. The summed E-state index contributed by atoms with van der Waals surface area (Å²) in [6.07, 6.45) is -0.325. The van der Waals surface area contributed by atoms with Crippen molar-refractivity contribution in [1.29, 1.82) is 0 Å². The summed E-state index contributed by atoms with van der Waals surface area (Å²) in [6, 6.07) is 12.5. The van der Waals surface area contributed by atoms with Crippen LogP contribution in [-0.4, -0.2) is 11.8 Å². The van der Waals surface area contributed by atoms with Crippen molar-refractivity contribution in [1.82, 2.24) is 0 Å². The van der Waals surface area contributed by atoms with Crippen molar-refractivity contribution in [3.63, 3.8) is 0 Å². The maximum atomic E-state index is 13.7. The number of anilines is 2. The van der Waals surface area contributed by atoms with Gasteiger partial charge in [0.05, 0.1) is 11.4 Å². The predicted molar refractivity (Wildman–Crippen MR) is 130 cm³/mol. The van der Waals surface area contributed by atoms with Crippen LogP contribution in [0, 0.1) is 0 Å². The van der Waals surface area contributed by atoms with Gasteiger partial charge in [-0.3, -0.25) is 14.5 Å². The largest absolute Gasteiger partial charge is 0.369 e. The van der Waals surface area contributed by atoms with Gasteiger partial charge in [0.1, 0.15) is 6.42 Å². The van der Waals surface area contributed by atoms with E-state index in [4.69, 9.17) is 5.73 Å². The number of hydrogen-bond acceptors (Lipinski definition) is 2. The lowest BCUT2D eigenvalue weighted by atomic mass is 9.88. The molecule has 2 aromatic carbocycles. The van der Waals surface area contributed by atoms with Crippen LogP contribution in [0.2, 0.25) is 0 Å². The Morgan fingerprint density at radius 1 is 0.677 bits per heavy atom. The number of hydrogen-bond donors (Lipinski definition) is 1. The summed E-state index contributed by atoms with van der Waals surface area (Å²) in [5, 5.41) is 0. The first-order valence-electron chi connectivity index (χ1n) is 11.3. The Labute approximate surface area is 187 Å². The first-order valence-corrected chi connectivity index (χ1v) is 11.3. The van der Waals surface area contributed by atoms with Gasteiger partial charge in [-0.1, -0.05) is 91.8 Å². The smallest absolute Gasteiger partial charge is 0.241 e. The number of benzene rings is 2. The number of para-hydroxylation sites is 2. The van der Waals surface area contributed by atoms with Crippen LogP contribution in [0.4, 0.5) is 11.4 Å². The molecule has 0 unspecified atom stereocenters. The van der Waals surface area contributed by atoms with E-state index in [1.54, 1.807) is 4.90 Å². The first-order chi connectivity index (χ1) is 14.5. The molecular formula is C27H38N2O2. The maximum Gasteiger partial charge on any atom is 0.241 e. The minimum atomic E-state index is -0.615. The summed E-state index contributed by atoms with van der Waals surface area (Å²) in [7, 11) is 0. The van der Waals surface area contributed by atoms with Crippen LogP contribution in [-0.2, 0) is 9.59 Å². The number of nitrogens with two attached hydrogens (primary N) is 1. The third-order valence-electron chi connectivity index (χ3n) is 5.71. The predicted octanol–water partition coefficient (Wildman–Crippen LogP) is 6.72. The highest BCUT2D eigenvalue weighted by Gasteiger charge is 2.31. The fourth-order valence-corrected chi connectivity index (χ4v) is 4.13. The fourth-order valence-electron chi connectivity index (χ4n) is 4.13. The van der Waals surface area contributed by atoms with Gasteiger partial charge in [0, 0.05) is 0 Å². The van der Waals surface area contributed by atoms with Gasteiger partial charge in [0.15, 0.2) is 0 Å². The molecule has 31 heavy (non-hydrogen) atoms. The van der Waals surface area contributed by atoms with E-state index in [0.717, 1.165) is 33.6 Å². The minimum Gasteiger partial charge on any atom is -0.369 e. The van der Waals surface area contributed by atoms with E-state index >= 15 is 0 Å². The number of primary amides is 1. The van der Waals surface area contributed by atoms with Crippen LogP contribution in [0.3, 0.4) is 0 Å². The quantitative estimate of drug-likeness (QED) is 0.480. The lowest BCUT2D eigenvalue weighted by Gasteiger charge is -2.34. The molecule has 4 heteroatoms. The molecule has 2 amide bonds. The van der Waals surface area contributed by atoms with Crippen molar-refractivity contribution in [3.05, 3.63) is 58.7 Å². The van der Waals surface area contributed by atoms with Gasteiger partial charge in [-0.15, -0.1) is 0 Å². The molecule has 168 valence electrons. The van der Waals surface area contributed by atoms with Crippen molar-refractivity contribution in [3.8, 4) is 0 Å². The zero-order chi connectivity index (χ0) is 23.5. The fraction of sp³-hybridized carbons (Fsp3) is 0.481. The van der Waals surface area contributed by atoms with Crippen LogP contribution in [0.15, 0.2) is 36.4 Å². The second kappa shape index (κ2) is 10.1. The van der Waals surface area contributed by atoms with Gasteiger partial charge < -0.3 is 5.73 Å². The summed E-state index contributed by atoms with van der Waals surface area (Å²) in [5.41, 5.74) is 11.7. The van der Waals surface area contributed by atoms with Crippen molar-refractivity contribution in [2.45, 2.75) is 85.5 Å². The first kappa shape index (κ1) is 24.6. The van der Waals surface area contributed by atoms with E-state index in [9.17, 15) is 9.59 Å². The maximum absolute atomic E-state index is 13.7. The average Bonchev–Trinajstić information content (AvgIpc) is 2.67. The topological polar surface area (TPSA) is 63.4 Å². The van der Waals surface area contributed by atoms with E-state index in [0.29, 0.717) is 0 Å². The van der Waals surface area contributed by atoms with E-state index in [-0.39, 0.29) is 36.0 Å². The third-order valence-corrected chi connectivity index (χ3v) is 5.71. The van der Waals surface area contributed by atoms with Crippen molar-refractivity contribution >= 4 is 23.2 Å². The number of carbonyl (C=O) groups excluding carboxylic acids is 2. The molecule has 0 saturated carbocycles. The van der Waals surface area contributed by atoms with E-state index in [1.807, 2.05) is 0 Å². The van der Waals surface area contributed by atoms with Gasteiger partial charge in [-0.2, -0.15) is 0 Å². The highest BCUT2D eigenvalue weighted by molar-refractivity contribution is 6.10. The van der Waals surface area contributed by atoms with Gasteiger partial charge in [0.2, 0.25) is 11.8 Å². The van der Waals surface area contributed by atoms with Crippen LogP contribution < -0.4 is 10.6 Å². The van der Waals surface area contributed by atoms with Crippen LogP contribution in [0.1, 0.15) is 108 Å². The van der Waals surface area contributed by atoms with E-state index < -0.39 is 5.91 Å².